The highest BCUT2D eigenvalue weighted by Gasteiger charge is 2.32. The van der Waals surface area contributed by atoms with Gasteiger partial charge in [-0.25, -0.2) is 16.8 Å². The van der Waals surface area contributed by atoms with E-state index < -0.39 is 19.9 Å². The monoisotopic (exact) mass is 448 g/mol. The second kappa shape index (κ2) is 7.89. The first-order chi connectivity index (χ1) is 14.2. The summed E-state index contributed by atoms with van der Waals surface area (Å²) in [5.41, 5.74) is 0.797. The van der Waals surface area contributed by atoms with E-state index in [-0.39, 0.29) is 28.8 Å². The molecule has 1 aliphatic rings. The zero-order valence-corrected chi connectivity index (χ0v) is 17.8. The number of benzene rings is 1. The number of sulfonamides is 1. The van der Waals surface area contributed by atoms with Crippen LogP contribution in [0.1, 0.15) is 24.7 Å². The second-order valence-electron chi connectivity index (χ2n) is 7.12. The highest BCUT2D eigenvalue weighted by molar-refractivity contribution is 7.91. The Hall–Kier alpha value is -2.63. The standard InChI is InChI=1S/C19H20N4O5S2/c1-29(24,25)16-3-2-4-17(13-16)30(26,27)23-11-7-15(8-12-23)19-21-18(22-28-19)14-5-9-20-10-6-14/h2-6,9-10,13,15H,7-8,11-12H2,1H3. The van der Waals surface area contributed by atoms with Gasteiger partial charge in [0.05, 0.1) is 9.79 Å². The molecule has 1 aliphatic heterocycles. The molecule has 0 amide bonds. The lowest BCUT2D eigenvalue weighted by Crippen LogP contribution is -2.38. The Bertz CT molecular complexity index is 1250. The fourth-order valence-corrected chi connectivity index (χ4v) is 5.63. The zero-order valence-electron chi connectivity index (χ0n) is 16.2. The van der Waals surface area contributed by atoms with Crippen LogP contribution in [0.2, 0.25) is 0 Å². The summed E-state index contributed by atoms with van der Waals surface area (Å²) in [4.78, 5) is 8.36. The molecule has 0 N–H and O–H groups in total. The zero-order chi connectivity index (χ0) is 21.4. The quantitative estimate of drug-likeness (QED) is 0.581. The van der Waals surface area contributed by atoms with Gasteiger partial charge in [-0.3, -0.25) is 4.98 Å². The minimum atomic E-state index is -3.79. The predicted molar refractivity (Wildman–Crippen MR) is 108 cm³/mol. The van der Waals surface area contributed by atoms with Crippen molar-refractivity contribution in [1.82, 2.24) is 19.4 Å². The molecule has 3 aromatic rings. The Labute approximate surface area is 174 Å². The molecule has 30 heavy (non-hydrogen) atoms. The number of hydrogen-bond donors (Lipinski definition) is 0. The van der Waals surface area contributed by atoms with E-state index in [9.17, 15) is 16.8 Å². The Morgan fingerprint density at radius 2 is 1.67 bits per heavy atom. The fourth-order valence-electron chi connectivity index (χ4n) is 3.38. The van der Waals surface area contributed by atoms with Gasteiger partial charge in [0.1, 0.15) is 0 Å². The van der Waals surface area contributed by atoms with Crippen molar-refractivity contribution in [3.05, 3.63) is 54.7 Å². The van der Waals surface area contributed by atoms with E-state index in [4.69, 9.17) is 4.52 Å². The summed E-state index contributed by atoms with van der Waals surface area (Å²) in [6, 6.07) is 9.01. The first-order valence-electron chi connectivity index (χ1n) is 9.29. The maximum absolute atomic E-state index is 13.0. The van der Waals surface area contributed by atoms with Gasteiger partial charge in [0, 0.05) is 43.2 Å². The summed E-state index contributed by atoms with van der Waals surface area (Å²) in [5.74, 6) is 0.917. The van der Waals surface area contributed by atoms with Crippen molar-refractivity contribution >= 4 is 19.9 Å². The van der Waals surface area contributed by atoms with E-state index >= 15 is 0 Å². The van der Waals surface area contributed by atoms with Gasteiger partial charge in [0.25, 0.3) is 0 Å². The van der Waals surface area contributed by atoms with Gasteiger partial charge in [-0.2, -0.15) is 9.29 Å². The minimum absolute atomic E-state index is 0.0204. The predicted octanol–water partition coefficient (Wildman–Crippen LogP) is 2.10. The molecule has 1 aromatic carbocycles. The van der Waals surface area contributed by atoms with Crippen molar-refractivity contribution < 1.29 is 21.4 Å². The van der Waals surface area contributed by atoms with E-state index in [1.807, 2.05) is 0 Å². The molecule has 11 heteroatoms. The maximum Gasteiger partial charge on any atom is 0.243 e. The largest absolute Gasteiger partial charge is 0.339 e. The van der Waals surface area contributed by atoms with E-state index in [0.29, 0.717) is 24.6 Å². The Morgan fingerprint density at radius 3 is 2.33 bits per heavy atom. The third-order valence-corrected chi connectivity index (χ3v) is 8.06. The van der Waals surface area contributed by atoms with Crippen molar-refractivity contribution in [2.24, 2.45) is 0 Å². The van der Waals surface area contributed by atoms with Crippen LogP contribution in [0.5, 0.6) is 0 Å². The molecule has 158 valence electrons. The second-order valence-corrected chi connectivity index (χ2v) is 11.1. The number of nitrogens with zero attached hydrogens (tertiary/aromatic N) is 4. The molecule has 4 rings (SSSR count). The third-order valence-electron chi connectivity index (χ3n) is 5.05. The minimum Gasteiger partial charge on any atom is -0.339 e. The summed E-state index contributed by atoms with van der Waals surface area (Å²) in [5, 5.41) is 4.01. The van der Waals surface area contributed by atoms with Crippen LogP contribution in [0.25, 0.3) is 11.4 Å². The first-order valence-corrected chi connectivity index (χ1v) is 12.6. The molecule has 0 saturated carbocycles. The number of sulfone groups is 1. The van der Waals surface area contributed by atoms with Crippen LogP contribution in [-0.4, -0.2) is 55.6 Å². The molecular formula is C19H20N4O5S2. The van der Waals surface area contributed by atoms with Crippen LogP contribution in [0.3, 0.4) is 0 Å². The smallest absolute Gasteiger partial charge is 0.243 e. The average Bonchev–Trinajstić information content (AvgIpc) is 3.24. The third kappa shape index (κ3) is 4.13. The summed E-state index contributed by atoms with van der Waals surface area (Å²) in [6.45, 7) is 0.562. The van der Waals surface area contributed by atoms with Gasteiger partial charge >= 0.3 is 0 Å². The highest BCUT2D eigenvalue weighted by atomic mass is 32.2. The van der Waals surface area contributed by atoms with Gasteiger partial charge in [-0.15, -0.1) is 0 Å². The SMILES string of the molecule is CS(=O)(=O)c1cccc(S(=O)(=O)N2CCC(c3nc(-c4ccncc4)no3)CC2)c1. The van der Waals surface area contributed by atoms with Gasteiger partial charge in [-0.05, 0) is 43.2 Å². The lowest BCUT2D eigenvalue weighted by molar-refractivity contribution is 0.270. The van der Waals surface area contributed by atoms with Gasteiger partial charge < -0.3 is 4.52 Å². The van der Waals surface area contributed by atoms with Crippen molar-refractivity contribution in [1.29, 1.82) is 0 Å². The molecule has 0 spiro atoms. The summed E-state index contributed by atoms with van der Waals surface area (Å²) >= 11 is 0. The molecular weight excluding hydrogens is 428 g/mol. The molecule has 1 saturated heterocycles. The van der Waals surface area contributed by atoms with Crippen molar-refractivity contribution in [2.75, 3.05) is 19.3 Å². The lowest BCUT2D eigenvalue weighted by atomic mass is 9.98. The van der Waals surface area contributed by atoms with Crippen molar-refractivity contribution in [3.8, 4) is 11.4 Å². The summed E-state index contributed by atoms with van der Waals surface area (Å²) in [6.07, 6.45) is 5.40. The van der Waals surface area contributed by atoms with Crippen molar-refractivity contribution in [2.45, 2.75) is 28.6 Å². The summed E-state index contributed by atoms with van der Waals surface area (Å²) < 4.78 is 56.2. The van der Waals surface area contributed by atoms with E-state index in [2.05, 4.69) is 15.1 Å². The Morgan fingerprint density at radius 1 is 1.00 bits per heavy atom. The van der Waals surface area contributed by atoms with Crippen molar-refractivity contribution in [3.63, 3.8) is 0 Å². The molecule has 0 unspecified atom stereocenters. The van der Waals surface area contributed by atoms with E-state index in [0.717, 1.165) is 11.8 Å². The molecule has 0 bridgehead atoms. The molecule has 0 radical (unpaired) electrons. The van der Waals surface area contributed by atoms with Crippen LogP contribution in [0.4, 0.5) is 0 Å². The lowest BCUT2D eigenvalue weighted by Gasteiger charge is -2.29. The highest BCUT2D eigenvalue weighted by Crippen LogP contribution is 2.31. The molecule has 0 atom stereocenters. The Kier molecular flexibility index (Phi) is 5.43. The van der Waals surface area contributed by atoms with Gasteiger partial charge in [0.15, 0.2) is 9.84 Å². The van der Waals surface area contributed by atoms with E-state index in [1.54, 1.807) is 24.5 Å². The van der Waals surface area contributed by atoms with Crippen LogP contribution < -0.4 is 0 Å². The maximum atomic E-state index is 13.0. The van der Waals surface area contributed by atoms with Crippen LogP contribution >= 0.6 is 0 Å². The van der Waals surface area contributed by atoms with Crippen LogP contribution in [-0.2, 0) is 19.9 Å². The topological polar surface area (TPSA) is 123 Å². The Balaban J connectivity index is 1.48. The number of rotatable bonds is 5. The first kappa shape index (κ1) is 20.6. The number of pyridine rings is 1. The van der Waals surface area contributed by atoms with Gasteiger partial charge in [0.2, 0.25) is 21.7 Å². The van der Waals surface area contributed by atoms with Crippen LogP contribution in [0.15, 0.2) is 63.1 Å². The number of aromatic nitrogens is 3. The number of hydrogen-bond acceptors (Lipinski definition) is 8. The molecule has 0 aliphatic carbocycles. The molecule has 1 fully saturated rings. The van der Waals surface area contributed by atoms with Crippen LogP contribution in [0, 0.1) is 0 Å². The molecule has 9 nitrogen and oxygen atoms in total. The average molecular weight is 449 g/mol. The van der Waals surface area contributed by atoms with E-state index in [1.165, 1.54) is 28.6 Å². The molecule has 2 aromatic heterocycles. The fraction of sp³-hybridized carbons (Fsp3) is 0.316. The van der Waals surface area contributed by atoms with Gasteiger partial charge in [-0.1, -0.05) is 11.2 Å². The molecule has 3 heterocycles. The summed E-state index contributed by atoms with van der Waals surface area (Å²) in [7, 11) is -7.29. The number of piperidine rings is 1. The normalized spacial score (nSPS) is 16.6.